The van der Waals surface area contributed by atoms with E-state index in [1.807, 2.05) is 30.3 Å². The number of hydrogen-bond acceptors (Lipinski definition) is 3. The van der Waals surface area contributed by atoms with Crippen LogP contribution in [-0.2, 0) is 0 Å². The van der Waals surface area contributed by atoms with Crippen molar-refractivity contribution >= 4 is 22.9 Å². The lowest BCUT2D eigenvalue weighted by Gasteiger charge is -2.03. The Hall–Kier alpha value is -2.56. The predicted molar refractivity (Wildman–Crippen MR) is 69.0 cm³/mol. The second-order valence-corrected chi connectivity index (χ2v) is 3.49. The fourth-order valence-electron chi connectivity index (χ4n) is 1.57. The van der Waals surface area contributed by atoms with Gasteiger partial charge in [0.2, 0.25) is 5.96 Å². The fourth-order valence-corrected chi connectivity index (χ4v) is 1.57. The van der Waals surface area contributed by atoms with Crippen LogP contribution in [0.5, 0.6) is 5.75 Å². The van der Waals surface area contributed by atoms with Crippen LogP contribution >= 0.6 is 0 Å². The summed E-state index contributed by atoms with van der Waals surface area (Å²) in [6.45, 7) is 0. The zero-order chi connectivity index (χ0) is 12.3. The molecule has 0 aliphatic carbocycles. The topological polar surface area (TPSA) is 97.0 Å². The van der Waals surface area contributed by atoms with Gasteiger partial charge in [-0.3, -0.25) is 0 Å². The molecule has 86 valence electrons. The van der Waals surface area contributed by atoms with Gasteiger partial charge in [-0.05, 0) is 16.8 Å². The highest BCUT2D eigenvalue weighted by Crippen LogP contribution is 2.25. The summed E-state index contributed by atoms with van der Waals surface area (Å²) in [5, 5.41) is 18.9. The van der Waals surface area contributed by atoms with Crippen molar-refractivity contribution in [1.82, 2.24) is 0 Å². The number of nitrogens with zero attached hydrogens (tertiary/aromatic N) is 2. The minimum Gasteiger partial charge on any atom is -0.507 e. The molecule has 0 aliphatic rings. The molecule has 17 heavy (non-hydrogen) atoms. The van der Waals surface area contributed by atoms with E-state index < -0.39 is 0 Å². The van der Waals surface area contributed by atoms with Gasteiger partial charge in [-0.2, -0.15) is 5.10 Å². The monoisotopic (exact) mass is 228 g/mol. The van der Waals surface area contributed by atoms with Crippen LogP contribution < -0.4 is 11.5 Å². The maximum Gasteiger partial charge on any atom is 0.211 e. The molecule has 0 bridgehead atoms. The van der Waals surface area contributed by atoms with E-state index in [9.17, 15) is 5.11 Å². The summed E-state index contributed by atoms with van der Waals surface area (Å²) in [6, 6.07) is 11.1. The Kier molecular flexibility index (Phi) is 2.91. The first kappa shape index (κ1) is 10.9. The molecule has 0 radical (unpaired) electrons. The predicted octanol–water partition coefficient (Wildman–Crippen LogP) is 1.15. The molecule has 2 aromatic carbocycles. The smallest absolute Gasteiger partial charge is 0.211 e. The second-order valence-electron chi connectivity index (χ2n) is 3.49. The molecular formula is C12H12N4O. The number of phenols is 1. The van der Waals surface area contributed by atoms with Crippen LogP contribution in [0.3, 0.4) is 0 Å². The van der Waals surface area contributed by atoms with Crippen LogP contribution in [0.25, 0.3) is 10.8 Å². The van der Waals surface area contributed by atoms with Gasteiger partial charge < -0.3 is 16.6 Å². The van der Waals surface area contributed by atoms with E-state index in [4.69, 9.17) is 11.5 Å². The van der Waals surface area contributed by atoms with Crippen molar-refractivity contribution < 1.29 is 5.11 Å². The van der Waals surface area contributed by atoms with E-state index in [1.165, 1.54) is 6.21 Å². The normalized spacial score (nSPS) is 10.8. The maximum absolute atomic E-state index is 9.77. The van der Waals surface area contributed by atoms with Gasteiger partial charge in [0.25, 0.3) is 0 Å². The summed E-state index contributed by atoms with van der Waals surface area (Å²) >= 11 is 0. The van der Waals surface area contributed by atoms with Gasteiger partial charge in [0.05, 0.1) is 6.21 Å². The van der Waals surface area contributed by atoms with Crippen LogP contribution in [0.2, 0.25) is 0 Å². The van der Waals surface area contributed by atoms with Crippen molar-refractivity contribution in [2.45, 2.75) is 0 Å². The van der Waals surface area contributed by atoms with Crippen molar-refractivity contribution in [3.05, 3.63) is 42.0 Å². The Labute approximate surface area is 98.1 Å². The van der Waals surface area contributed by atoms with E-state index in [0.29, 0.717) is 5.56 Å². The van der Waals surface area contributed by atoms with E-state index >= 15 is 0 Å². The van der Waals surface area contributed by atoms with Crippen LogP contribution in [0.1, 0.15) is 5.56 Å². The molecule has 0 unspecified atom stereocenters. The number of aromatic hydroxyl groups is 1. The van der Waals surface area contributed by atoms with Crippen LogP contribution in [-0.4, -0.2) is 17.3 Å². The van der Waals surface area contributed by atoms with Crippen molar-refractivity contribution in [2.75, 3.05) is 0 Å². The zero-order valence-corrected chi connectivity index (χ0v) is 9.04. The Bertz CT molecular complexity index is 600. The molecular weight excluding hydrogens is 216 g/mol. The van der Waals surface area contributed by atoms with E-state index in [-0.39, 0.29) is 11.7 Å². The van der Waals surface area contributed by atoms with Crippen LogP contribution in [0.15, 0.2) is 46.6 Å². The van der Waals surface area contributed by atoms with Crippen LogP contribution in [0.4, 0.5) is 0 Å². The highest BCUT2D eigenvalue weighted by Gasteiger charge is 2.03. The molecule has 0 saturated heterocycles. The number of nitrogens with two attached hydrogens (primary N) is 2. The molecule has 2 aromatic rings. The average Bonchev–Trinajstić information content (AvgIpc) is 2.32. The summed E-state index contributed by atoms with van der Waals surface area (Å²) in [5.74, 6) is 0.0132. The van der Waals surface area contributed by atoms with Gasteiger partial charge in [0.15, 0.2) is 0 Å². The maximum atomic E-state index is 9.77. The molecule has 5 heteroatoms. The first-order chi connectivity index (χ1) is 8.18. The number of guanidine groups is 1. The number of rotatable bonds is 2. The lowest BCUT2D eigenvalue weighted by molar-refractivity contribution is 0.475. The third-order valence-electron chi connectivity index (χ3n) is 2.31. The zero-order valence-electron chi connectivity index (χ0n) is 9.04. The number of benzene rings is 2. The summed E-state index contributed by atoms with van der Waals surface area (Å²) in [5.41, 5.74) is 10.9. The average molecular weight is 228 g/mol. The van der Waals surface area contributed by atoms with Crippen molar-refractivity contribution in [2.24, 2.45) is 21.7 Å². The lowest BCUT2D eigenvalue weighted by Crippen LogP contribution is -2.21. The molecule has 0 amide bonds. The van der Waals surface area contributed by atoms with Gasteiger partial charge >= 0.3 is 0 Å². The molecule has 2 rings (SSSR count). The molecule has 5 nitrogen and oxygen atoms in total. The second kappa shape index (κ2) is 4.52. The third-order valence-corrected chi connectivity index (χ3v) is 2.31. The summed E-state index contributed by atoms with van der Waals surface area (Å²) in [6.07, 6.45) is 1.43. The van der Waals surface area contributed by atoms with E-state index in [0.717, 1.165) is 10.8 Å². The quantitative estimate of drug-likeness (QED) is 0.408. The summed E-state index contributed by atoms with van der Waals surface area (Å²) in [7, 11) is 0. The largest absolute Gasteiger partial charge is 0.507 e. The fraction of sp³-hybridized carbons (Fsp3) is 0. The van der Waals surface area contributed by atoms with Crippen molar-refractivity contribution in [3.8, 4) is 5.75 Å². The standard InChI is InChI=1S/C12H12N4O/c13-12(14)16-15-7-10-9-4-2-1-3-8(9)5-6-11(10)17/h1-7,17H,(H4,13,14,16)/b15-7-. The Morgan fingerprint density at radius 3 is 2.65 bits per heavy atom. The van der Waals surface area contributed by atoms with Gasteiger partial charge in [-0.1, -0.05) is 30.3 Å². The molecule has 0 atom stereocenters. The van der Waals surface area contributed by atoms with Gasteiger partial charge in [0.1, 0.15) is 5.75 Å². The molecule has 0 fully saturated rings. The number of fused-ring (bicyclic) bond motifs is 1. The van der Waals surface area contributed by atoms with Gasteiger partial charge in [-0.25, -0.2) is 0 Å². The van der Waals surface area contributed by atoms with Gasteiger partial charge in [-0.15, -0.1) is 5.10 Å². The number of phenolic OH excluding ortho intramolecular Hbond substituents is 1. The highest BCUT2D eigenvalue weighted by atomic mass is 16.3. The molecule has 0 aromatic heterocycles. The van der Waals surface area contributed by atoms with Crippen molar-refractivity contribution in [3.63, 3.8) is 0 Å². The van der Waals surface area contributed by atoms with Crippen LogP contribution in [0, 0.1) is 0 Å². The Morgan fingerprint density at radius 2 is 1.88 bits per heavy atom. The first-order valence-corrected chi connectivity index (χ1v) is 5.01. The van der Waals surface area contributed by atoms with E-state index in [2.05, 4.69) is 10.2 Å². The Morgan fingerprint density at radius 1 is 1.12 bits per heavy atom. The molecule has 0 heterocycles. The SMILES string of the molecule is NC(N)=N/N=C\c1c(O)ccc2ccccc12. The minimum atomic E-state index is -0.124. The lowest BCUT2D eigenvalue weighted by atomic mass is 10.0. The first-order valence-electron chi connectivity index (χ1n) is 5.01. The summed E-state index contributed by atoms with van der Waals surface area (Å²) < 4.78 is 0. The molecule has 0 aliphatic heterocycles. The third kappa shape index (κ3) is 2.34. The molecule has 5 N–H and O–H groups in total. The van der Waals surface area contributed by atoms with Crippen molar-refractivity contribution in [1.29, 1.82) is 0 Å². The molecule has 0 saturated carbocycles. The summed E-state index contributed by atoms with van der Waals surface area (Å²) in [4.78, 5) is 0. The number of hydrogen-bond donors (Lipinski definition) is 3. The minimum absolute atomic E-state index is 0.124. The highest BCUT2D eigenvalue weighted by molar-refractivity contribution is 6.02. The van der Waals surface area contributed by atoms with Gasteiger partial charge in [0, 0.05) is 5.56 Å². The molecule has 0 spiro atoms. The Balaban J connectivity index is 2.55. The van der Waals surface area contributed by atoms with E-state index in [1.54, 1.807) is 6.07 Å².